The SMILES string of the molecule is CC(C)N1CCN(C(=O)[C@H]2C[C@@H]2c2ccc(F)cc2)CC1. The van der Waals surface area contributed by atoms with Crippen molar-refractivity contribution in [1.82, 2.24) is 9.80 Å². The molecule has 0 N–H and O–H groups in total. The van der Waals surface area contributed by atoms with E-state index >= 15 is 0 Å². The van der Waals surface area contributed by atoms with Gasteiger partial charge in [0.2, 0.25) is 5.91 Å². The summed E-state index contributed by atoms with van der Waals surface area (Å²) in [6, 6.07) is 7.14. The van der Waals surface area contributed by atoms with Gasteiger partial charge in [0.15, 0.2) is 0 Å². The monoisotopic (exact) mass is 290 g/mol. The molecule has 1 saturated heterocycles. The number of piperazine rings is 1. The van der Waals surface area contributed by atoms with Gasteiger partial charge in [-0.15, -0.1) is 0 Å². The van der Waals surface area contributed by atoms with Crippen LogP contribution in [0.1, 0.15) is 31.7 Å². The van der Waals surface area contributed by atoms with E-state index < -0.39 is 0 Å². The molecule has 1 heterocycles. The van der Waals surface area contributed by atoms with Crippen LogP contribution in [0.2, 0.25) is 0 Å². The van der Waals surface area contributed by atoms with Crippen molar-refractivity contribution >= 4 is 5.91 Å². The van der Waals surface area contributed by atoms with Gasteiger partial charge in [-0.2, -0.15) is 0 Å². The lowest BCUT2D eigenvalue weighted by molar-refractivity contribution is -0.134. The maximum Gasteiger partial charge on any atom is 0.226 e. The first kappa shape index (κ1) is 14.5. The molecule has 2 fully saturated rings. The smallest absolute Gasteiger partial charge is 0.226 e. The van der Waals surface area contributed by atoms with Crippen molar-refractivity contribution in [2.75, 3.05) is 26.2 Å². The fourth-order valence-corrected chi connectivity index (χ4v) is 3.24. The maximum absolute atomic E-state index is 12.9. The second kappa shape index (κ2) is 5.76. The van der Waals surface area contributed by atoms with Crippen LogP contribution >= 0.6 is 0 Å². The van der Waals surface area contributed by atoms with E-state index in [0.29, 0.717) is 12.0 Å². The highest BCUT2D eigenvalue weighted by Gasteiger charge is 2.46. The van der Waals surface area contributed by atoms with Crippen molar-refractivity contribution in [1.29, 1.82) is 0 Å². The second-order valence-electron chi connectivity index (χ2n) is 6.46. The zero-order valence-electron chi connectivity index (χ0n) is 12.8. The lowest BCUT2D eigenvalue weighted by atomic mass is 10.1. The summed E-state index contributed by atoms with van der Waals surface area (Å²) >= 11 is 0. The van der Waals surface area contributed by atoms with Crippen molar-refractivity contribution in [3.63, 3.8) is 0 Å². The molecule has 2 aliphatic rings. The molecule has 3 rings (SSSR count). The van der Waals surface area contributed by atoms with Crippen LogP contribution in [0, 0.1) is 11.7 Å². The van der Waals surface area contributed by atoms with Crippen molar-refractivity contribution in [2.45, 2.75) is 32.2 Å². The maximum atomic E-state index is 12.9. The van der Waals surface area contributed by atoms with Crippen LogP contribution in [-0.4, -0.2) is 47.9 Å². The van der Waals surface area contributed by atoms with E-state index in [2.05, 4.69) is 18.7 Å². The Bertz CT molecular complexity index is 506. The van der Waals surface area contributed by atoms with Crippen LogP contribution in [0.4, 0.5) is 4.39 Å². The molecule has 0 radical (unpaired) electrons. The highest BCUT2D eigenvalue weighted by molar-refractivity contribution is 5.83. The Morgan fingerprint density at radius 2 is 1.76 bits per heavy atom. The molecule has 4 heteroatoms. The molecule has 1 aromatic carbocycles. The summed E-state index contributed by atoms with van der Waals surface area (Å²) in [7, 11) is 0. The van der Waals surface area contributed by atoms with E-state index in [4.69, 9.17) is 0 Å². The van der Waals surface area contributed by atoms with E-state index in [0.717, 1.165) is 38.2 Å². The largest absolute Gasteiger partial charge is 0.340 e. The number of amides is 1. The Morgan fingerprint density at radius 1 is 1.14 bits per heavy atom. The summed E-state index contributed by atoms with van der Waals surface area (Å²) in [4.78, 5) is 16.9. The summed E-state index contributed by atoms with van der Waals surface area (Å²) < 4.78 is 12.9. The molecule has 1 saturated carbocycles. The Balaban J connectivity index is 1.55. The minimum Gasteiger partial charge on any atom is -0.340 e. The summed E-state index contributed by atoms with van der Waals surface area (Å²) in [6.45, 7) is 8.01. The molecule has 3 nitrogen and oxygen atoms in total. The molecule has 1 aliphatic heterocycles. The molecular formula is C17H23FN2O. The summed E-state index contributed by atoms with van der Waals surface area (Å²) in [6.07, 6.45) is 0.912. The van der Waals surface area contributed by atoms with Gasteiger partial charge < -0.3 is 4.90 Å². The predicted molar refractivity (Wildman–Crippen MR) is 80.5 cm³/mol. The highest BCUT2D eigenvalue weighted by atomic mass is 19.1. The molecule has 2 atom stereocenters. The number of carbonyl (C=O) groups is 1. The van der Waals surface area contributed by atoms with E-state index in [1.54, 1.807) is 0 Å². The molecular weight excluding hydrogens is 267 g/mol. The normalized spacial score (nSPS) is 26.2. The molecule has 114 valence electrons. The minimum atomic E-state index is -0.216. The summed E-state index contributed by atoms with van der Waals surface area (Å²) in [5.74, 6) is 0.474. The first-order chi connectivity index (χ1) is 10.1. The number of carbonyl (C=O) groups excluding carboxylic acids is 1. The average molecular weight is 290 g/mol. The topological polar surface area (TPSA) is 23.6 Å². The molecule has 0 unspecified atom stereocenters. The lowest BCUT2D eigenvalue weighted by Crippen LogP contribution is -2.51. The quantitative estimate of drug-likeness (QED) is 0.854. The van der Waals surface area contributed by atoms with Gasteiger partial charge in [0.25, 0.3) is 0 Å². The zero-order chi connectivity index (χ0) is 15.0. The third-order valence-corrected chi connectivity index (χ3v) is 4.76. The Morgan fingerprint density at radius 3 is 2.33 bits per heavy atom. The first-order valence-electron chi connectivity index (χ1n) is 7.84. The summed E-state index contributed by atoms with van der Waals surface area (Å²) in [5.41, 5.74) is 1.09. The van der Waals surface area contributed by atoms with Gasteiger partial charge in [-0.1, -0.05) is 12.1 Å². The molecule has 1 aromatic rings. The molecule has 0 bridgehead atoms. The van der Waals surface area contributed by atoms with E-state index in [1.807, 2.05) is 17.0 Å². The second-order valence-corrected chi connectivity index (χ2v) is 6.46. The third kappa shape index (κ3) is 3.10. The first-order valence-corrected chi connectivity index (χ1v) is 7.84. The molecule has 21 heavy (non-hydrogen) atoms. The molecule has 1 amide bonds. The number of rotatable bonds is 3. The number of halogens is 1. The van der Waals surface area contributed by atoms with Crippen LogP contribution in [0.25, 0.3) is 0 Å². The number of hydrogen-bond acceptors (Lipinski definition) is 2. The van der Waals surface area contributed by atoms with Crippen LogP contribution in [0.15, 0.2) is 24.3 Å². The van der Waals surface area contributed by atoms with Crippen molar-refractivity contribution < 1.29 is 9.18 Å². The fraction of sp³-hybridized carbons (Fsp3) is 0.588. The number of hydrogen-bond donors (Lipinski definition) is 0. The molecule has 1 aliphatic carbocycles. The van der Waals surface area contributed by atoms with Gasteiger partial charge in [0, 0.05) is 38.1 Å². The molecule has 0 spiro atoms. The minimum absolute atomic E-state index is 0.112. The van der Waals surface area contributed by atoms with Crippen LogP contribution < -0.4 is 0 Å². The Kier molecular flexibility index (Phi) is 3.98. The van der Waals surface area contributed by atoms with Gasteiger partial charge in [0.05, 0.1) is 0 Å². The van der Waals surface area contributed by atoms with Gasteiger partial charge in [0.1, 0.15) is 5.82 Å². The van der Waals surface area contributed by atoms with E-state index in [-0.39, 0.29) is 17.6 Å². The number of nitrogens with zero attached hydrogens (tertiary/aromatic N) is 2. The predicted octanol–water partition coefficient (Wildman–Crippen LogP) is 2.48. The van der Waals surface area contributed by atoms with Crippen LogP contribution in [0.5, 0.6) is 0 Å². The Hall–Kier alpha value is -1.42. The molecule has 0 aromatic heterocycles. The van der Waals surface area contributed by atoms with Gasteiger partial charge >= 0.3 is 0 Å². The Labute approximate surface area is 125 Å². The zero-order valence-corrected chi connectivity index (χ0v) is 12.8. The van der Waals surface area contributed by atoms with E-state index in [9.17, 15) is 9.18 Å². The number of benzene rings is 1. The van der Waals surface area contributed by atoms with Crippen LogP contribution in [0.3, 0.4) is 0 Å². The van der Waals surface area contributed by atoms with Crippen molar-refractivity contribution in [3.05, 3.63) is 35.6 Å². The highest BCUT2D eigenvalue weighted by Crippen LogP contribution is 2.48. The van der Waals surface area contributed by atoms with Gasteiger partial charge in [-0.25, -0.2) is 4.39 Å². The third-order valence-electron chi connectivity index (χ3n) is 4.76. The van der Waals surface area contributed by atoms with Crippen molar-refractivity contribution in [3.8, 4) is 0 Å². The fourth-order valence-electron chi connectivity index (χ4n) is 3.24. The van der Waals surface area contributed by atoms with Gasteiger partial charge in [-0.3, -0.25) is 9.69 Å². The lowest BCUT2D eigenvalue weighted by Gasteiger charge is -2.37. The summed E-state index contributed by atoms with van der Waals surface area (Å²) in [5, 5.41) is 0. The van der Waals surface area contributed by atoms with E-state index in [1.165, 1.54) is 12.1 Å². The standard InChI is InChI=1S/C17H23FN2O/c1-12(2)19-7-9-20(10-8-19)17(21)16-11-15(16)13-3-5-14(18)6-4-13/h3-6,12,15-16H,7-11H2,1-2H3/t15-,16+/m1/s1. The van der Waals surface area contributed by atoms with Crippen molar-refractivity contribution in [2.24, 2.45) is 5.92 Å². The average Bonchev–Trinajstić information content (AvgIpc) is 3.28. The van der Waals surface area contributed by atoms with Gasteiger partial charge in [-0.05, 0) is 43.9 Å². The van der Waals surface area contributed by atoms with Crippen LogP contribution in [-0.2, 0) is 4.79 Å².